The van der Waals surface area contributed by atoms with E-state index in [1.807, 2.05) is 15.8 Å². The summed E-state index contributed by atoms with van der Waals surface area (Å²) in [7, 11) is 0. The van der Waals surface area contributed by atoms with Gasteiger partial charge in [0.2, 0.25) is 5.91 Å². The number of hydrogen-bond donors (Lipinski definition) is 0. The molecule has 1 aliphatic heterocycles. The molecule has 2 heterocycles. The molecule has 0 aromatic carbocycles. The van der Waals surface area contributed by atoms with Crippen LogP contribution >= 0.6 is 0 Å². The SMILES string of the molecule is O=C(Cn1cnc2c1CCCC2)N1CCOCC1. The molecule has 1 fully saturated rings. The van der Waals surface area contributed by atoms with Crippen molar-refractivity contribution in [2.24, 2.45) is 0 Å². The second-order valence-electron chi connectivity index (χ2n) is 4.97. The average molecular weight is 249 g/mol. The van der Waals surface area contributed by atoms with Crippen LogP contribution in [0.4, 0.5) is 0 Å². The normalized spacial score (nSPS) is 19.7. The van der Waals surface area contributed by atoms with Crippen LogP contribution in [0.25, 0.3) is 0 Å². The van der Waals surface area contributed by atoms with Crippen LogP contribution in [-0.2, 0) is 28.9 Å². The lowest BCUT2D eigenvalue weighted by atomic mass is 10.0. The Morgan fingerprint density at radius 3 is 2.89 bits per heavy atom. The Labute approximate surface area is 107 Å². The Kier molecular flexibility index (Phi) is 3.32. The molecule has 0 N–H and O–H groups in total. The number of carbonyl (C=O) groups is 1. The fourth-order valence-corrected chi connectivity index (χ4v) is 2.73. The van der Waals surface area contributed by atoms with Crippen LogP contribution in [0.2, 0.25) is 0 Å². The van der Waals surface area contributed by atoms with E-state index < -0.39 is 0 Å². The number of aryl methyl sites for hydroxylation is 1. The molecule has 1 aromatic heterocycles. The molecule has 1 aromatic rings. The monoisotopic (exact) mass is 249 g/mol. The quantitative estimate of drug-likeness (QED) is 0.772. The molecule has 0 spiro atoms. The summed E-state index contributed by atoms with van der Waals surface area (Å²) in [5.41, 5.74) is 2.46. The number of carbonyl (C=O) groups excluding carboxylic acids is 1. The number of imidazole rings is 1. The number of ether oxygens (including phenoxy) is 1. The second kappa shape index (κ2) is 5.10. The molecule has 1 amide bonds. The first-order valence-electron chi connectivity index (χ1n) is 6.73. The number of nitrogens with zero attached hydrogens (tertiary/aromatic N) is 3. The minimum Gasteiger partial charge on any atom is -0.378 e. The lowest BCUT2D eigenvalue weighted by Gasteiger charge is -2.27. The highest BCUT2D eigenvalue weighted by molar-refractivity contribution is 5.76. The average Bonchev–Trinajstić information content (AvgIpc) is 2.83. The van der Waals surface area contributed by atoms with Gasteiger partial charge in [-0.05, 0) is 25.7 Å². The third kappa shape index (κ3) is 2.27. The first-order valence-corrected chi connectivity index (χ1v) is 6.73. The molecule has 0 bridgehead atoms. The summed E-state index contributed by atoms with van der Waals surface area (Å²) in [5.74, 6) is 0.184. The van der Waals surface area contributed by atoms with Gasteiger partial charge in [-0.15, -0.1) is 0 Å². The van der Waals surface area contributed by atoms with Crippen LogP contribution < -0.4 is 0 Å². The molecular weight excluding hydrogens is 230 g/mol. The van der Waals surface area contributed by atoms with Gasteiger partial charge in [-0.25, -0.2) is 4.98 Å². The minimum atomic E-state index is 0.184. The standard InChI is InChI=1S/C13H19N3O2/c17-13(15-5-7-18-8-6-15)9-16-10-14-11-3-1-2-4-12(11)16/h10H,1-9H2. The Balaban J connectivity index is 1.68. The van der Waals surface area contributed by atoms with E-state index in [0.29, 0.717) is 19.8 Å². The molecule has 1 aliphatic carbocycles. The summed E-state index contributed by atoms with van der Waals surface area (Å²) in [5, 5.41) is 0. The van der Waals surface area contributed by atoms with E-state index in [4.69, 9.17) is 4.74 Å². The van der Waals surface area contributed by atoms with Crippen molar-refractivity contribution < 1.29 is 9.53 Å². The Morgan fingerprint density at radius 2 is 2.06 bits per heavy atom. The van der Waals surface area contributed by atoms with Crippen molar-refractivity contribution in [3.8, 4) is 0 Å². The molecule has 0 saturated carbocycles. The van der Waals surface area contributed by atoms with E-state index in [1.165, 1.54) is 24.2 Å². The van der Waals surface area contributed by atoms with E-state index >= 15 is 0 Å². The molecule has 5 nitrogen and oxygen atoms in total. The van der Waals surface area contributed by atoms with Gasteiger partial charge in [0.05, 0.1) is 25.2 Å². The Hall–Kier alpha value is -1.36. The van der Waals surface area contributed by atoms with Gasteiger partial charge in [-0.1, -0.05) is 0 Å². The van der Waals surface area contributed by atoms with E-state index in [0.717, 1.165) is 25.9 Å². The number of hydrogen-bond acceptors (Lipinski definition) is 3. The lowest BCUT2D eigenvalue weighted by molar-refractivity contribution is -0.135. The fraction of sp³-hybridized carbons (Fsp3) is 0.692. The van der Waals surface area contributed by atoms with Gasteiger partial charge >= 0.3 is 0 Å². The molecule has 0 unspecified atom stereocenters. The molecule has 1 saturated heterocycles. The van der Waals surface area contributed by atoms with Crippen LogP contribution in [0.5, 0.6) is 0 Å². The van der Waals surface area contributed by atoms with Crippen molar-refractivity contribution in [2.45, 2.75) is 32.2 Å². The fourth-order valence-electron chi connectivity index (χ4n) is 2.73. The van der Waals surface area contributed by atoms with Gasteiger partial charge in [0, 0.05) is 18.8 Å². The van der Waals surface area contributed by atoms with E-state index in [2.05, 4.69) is 4.98 Å². The molecule has 0 atom stereocenters. The van der Waals surface area contributed by atoms with Crippen LogP contribution in [0.1, 0.15) is 24.2 Å². The topological polar surface area (TPSA) is 47.4 Å². The second-order valence-corrected chi connectivity index (χ2v) is 4.97. The first kappa shape index (κ1) is 11.7. The predicted molar refractivity (Wildman–Crippen MR) is 66.3 cm³/mol. The third-order valence-corrected chi connectivity index (χ3v) is 3.78. The van der Waals surface area contributed by atoms with E-state index in [1.54, 1.807) is 0 Å². The van der Waals surface area contributed by atoms with Gasteiger partial charge in [-0.3, -0.25) is 4.79 Å². The number of morpholine rings is 1. The minimum absolute atomic E-state index is 0.184. The number of fused-ring (bicyclic) bond motifs is 1. The Bertz CT molecular complexity index is 435. The number of aromatic nitrogens is 2. The molecule has 18 heavy (non-hydrogen) atoms. The van der Waals surface area contributed by atoms with Crippen LogP contribution in [-0.4, -0.2) is 46.7 Å². The van der Waals surface area contributed by atoms with Crippen LogP contribution in [0, 0.1) is 0 Å². The summed E-state index contributed by atoms with van der Waals surface area (Å²) in [4.78, 5) is 18.5. The molecule has 2 aliphatic rings. The molecular formula is C13H19N3O2. The molecule has 5 heteroatoms. The Morgan fingerprint density at radius 1 is 1.28 bits per heavy atom. The summed E-state index contributed by atoms with van der Waals surface area (Å²) < 4.78 is 7.30. The maximum atomic E-state index is 12.2. The predicted octanol–water partition coefficient (Wildman–Crippen LogP) is 0.621. The summed E-state index contributed by atoms with van der Waals surface area (Å²) in [6, 6.07) is 0. The zero-order valence-electron chi connectivity index (χ0n) is 10.6. The highest BCUT2D eigenvalue weighted by Crippen LogP contribution is 2.19. The van der Waals surface area contributed by atoms with Crippen molar-refractivity contribution in [1.29, 1.82) is 0 Å². The highest BCUT2D eigenvalue weighted by Gasteiger charge is 2.20. The van der Waals surface area contributed by atoms with Crippen LogP contribution in [0.15, 0.2) is 6.33 Å². The smallest absolute Gasteiger partial charge is 0.242 e. The number of rotatable bonds is 2. The van der Waals surface area contributed by atoms with Crippen molar-refractivity contribution in [3.05, 3.63) is 17.7 Å². The summed E-state index contributed by atoms with van der Waals surface area (Å²) in [6.45, 7) is 3.19. The van der Waals surface area contributed by atoms with Gasteiger partial charge in [0.25, 0.3) is 0 Å². The maximum Gasteiger partial charge on any atom is 0.242 e. The highest BCUT2D eigenvalue weighted by atomic mass is 16.5. The third-order valence-electron chi connectivity index (χ3n) is 3.78. The van der Waals surface area contributed by atoms with Crippen molar-refractivity contribution in [1.82, 2.24) is 14.5 Å². The van der Waals surface area contributed by atoms with Gasteiger partial charge < -0.3 is 14.2 Å². The lowest BCUT2D eigenvalue weighted by Crippen LogP contribution is -2.42. The first-order chi connectivity index (χ1) is 8.84. The van der Waals surface area contributed by atoms with E-state index in [-0.39, 0.29) is 5.91 Å². The zero-order chi connectivity index (χ0) is 12.4. The maximum absolute atomic E-state index is 12.2. The zero-order valence-corrected chi connectivity index (χ0v) is 10.6. The van der Waals surface area contributed by atoms with E-state index in [9.17, 15) is 4.79 Å². The van der Waals surface area contributed by atoms with Gasteiger partial charge in [0.1, 0.15) is 6.54 Å². The molecule has 98 valence electrons. The van der Waals surface area contributed by atoms with Gasteiger partial charge in [0.15, 0.2) is 0 Å². The molecule has 3 rings (SSSR count). The number of amides is 1. The van der Waals surface area contributed by atoms with Crippen molar-refractivity contribution >= 4 is 5.91 Å². The van der Waals surface area contributed by atoms with Crippen LogP contribution in [0.3, 0.4) is 0 Å². The summed E-state index contributed by atoms with van der Waals surface area (Å²) >= 11 is 0. The van der Waals surface area contributed by atoms with Crippen molar-refractivity contribution in [2.75, 3.05) is 26.3 Å². The van der Waals surface area contributed by atoms with Crippen molar-refractivity contribution in [3.63, 3.8) is 0 Å². The largest absolute Gasteiger partial charge is 0.378 e. The summed E-state index contributed by atoms with van der Waals surface area (Å²) in [6.07, 6.45) is 6.39. The molecule has 0 radical (unpaired) electrons. The van der Waals surface area contributed by atoms with Gasteiger partial charge in [-0.2, -0.15) is 0 Å².